The molecule has 0 aliphatic heterocycles. The van der Waals surface area contributed by atoms with E-state index in [4.69, 9.17) is 10.00 Å². The zero-order valence-electron chi connectivity index (χ0n) is 13.7. The molecular formula is C19H15N3O2S. The fourth-order valence-corrected chi connectivity index (χ4v) is 3.29. The second kappa shape index (κ2) is 7.16. The summed E-state index contributed by atoms with van der Waals surface area (Å²) in [5.41, 5.74) is 2.68. The summed E-state index contributed by atoms with van der Waals surface area (Å²) in [7, 11) is 1.62. The maximum Gasteiger partial charge on any atom is 0.267 e. The lowest BCUT2D eigenvalue weighted by atomic mass is 10.2. The van der Waals surface area contributed by atoms with Crippen molar-refractivity contribution in [3.63, 3.8) is 0 Å². The number of rotatable bonds is 4. The summed E-state index contributed by atoms with van der Waals surface area (Å²) in [5.74, 6) is 0.539. The van der Waals surface area contributed by atoms with Gasteiger partial charge < -0.3 is 10.1 Å². The molecule has 6 heteroatoms. The van der Waals surface area contributed by atoms with Crippen molar-refractivity contribution in [3.8, 4) is 22.4 Å². The first-order valence-electron chi connectivity index (χ1n) is 7.54. The first-order valence-corrected chi connectivity index (χ1v) is 8.35. The molecule has 124 valence electrons. The van der Waals surface area contributed by atoms with E-state index in [1.54, 1.807) is 31.4 Å². The number of benzene rings is 2. The number of hydrogen-bond donors (Lipinski definition) is 1. The van der Waals surface area contributed by atoms with E-state index in [0.29, 0.717) is 21.8 Å². The Balaban J connectivity index is 1.83. The van der Waals surface area contributed by atoms with Crippen LogP contribution in [-0.4, -0.2) is 18.0 Å². The maximum absolute atomic E-state index is 12.5. The van der Waals surface area contributed by atoms with Crippen LogP contribution < -0.4 is 10.1 Å². The number of nitrogens with one attached hydrogen (secondary N) is 1. The van der Waals surface area contributed by atoms with E-state index in [9.17, 15) is 4.79 Å². The van der Waals surface area contributed by atoms with E-state index in [1.165, 1.54) is 11.3 Å². The highest BCUT2D eigenvalue weighted by atomic mass is 32.1. The molecule has 25 heavy (non-hydrogen) atoms. The van der Waals surface area contributed by atoms with Gasteiger partial charge in [0.25, 0.3) is 5.91 Å². The summed E-state index contributed by atoms with van der Waals surface area (Å²) in [4.78, 5) is 17.6. The SMILES string of the molecule is COc1ccc(-c2nc(C)c(C(=O)Nc3cccc(C#N)c3)s2)cc1. The quantitative estimate of drug-likeness (QED) is 0.764. The number of aromatic nitrogens is 1. The molecule has 0 aliphatic carbocycles. The van der Waals surface area contributed by atoms with Gasteiger partial charge in [0.1, 0.15) is 15.6 Å². The molecule has 0 fully saturated rings. The van der Waals surface area contributed by atoms with Crippen LogP contribution in [0.1, 0.15) is 20.9 Å². The third-order valence-corrected chi connectivity index (χ3v) is 4.79. The third-order valence-electron chi connectivity index (χ3n) is 3.59. The fraction of sp³-hybridized carbons (Fsp3) is 0.105. The molecule has 1 N–H and O–H groups in total. The highest BCUT2D eigenvalue weighted by molar-refractivity contribution is 7.17. The summed E-state index contributed by atoms with van der Waals surface area (Å²) in [6.45, 7) is 1.81. The molecule has 0 saturated heterocycles. The molecule has 0 bridgehead atoms. The molecule has 0 aliphatic rings. The van der Waals surface area contributed by atoms with Crippen LogP contribution in [-0.2, 0) is 0 Å². The highest BCUT2D eigenvalue weighted by Crippen LogP contribution is 2.29. The minimum absolute atomic E-state index is 0.232. The molecule has 0 saturated carbocycles. The Labute approximate surface area is 149 Å². The lowest BCUT2D eigenvalue weighted by Gasteiger charge is -2.04. The van der Waals surface area contributed by atoms with Gasteiger partial charge in [0.2, 0.25) is 0 Å². The van der Waals surface area contributed by atoms with Crippen molar-refractivity contribution in [2.75, 3.05) is 12.4 Å². The molecule has 3 rings (SSSR count). The van der Waals surface area contributed by atoms with Crippen LogP contribution in [0.15, 0.2) is 48.5 Å². The van der Waals surface area contributed by atoms with Crippen LogP contribution in [0.4, 0.5) is 5.69 Å². The smallest absolute Gasteiger partial charge is 0.267 e. The van der Waals surface area contributed by atoms with E-state index in [1.807, 2.05) is 31.2 Å². The van der Waals surface area contributed by atoms with Crippen molar-refractivity contribution >= 4 is 22.9 Å². The zero-order valence-corrected chi connectivity index (χ0v) is 14.6. The van der Waals surface area contributed by atoms with Crippen LogP contribution in [0.25, 0.3) is 10.6 Å². The number of nitriles is 1. The average Bonchev–Trinajstić information content (AvgIpc) is 3.04. The standard InChI is InChI=1S/C19H15N3O2S/c1-12-17(18(23)22-15-5-3-4-13(10-15)11-20)25-19(21-12)14-6-8-16(24-2)9-7-14/h3-10H,1-2H3,(H,22,23). The largest absolute Gasteiger partial charge is 0.497 e. The van der Waals surface area contributed by atoms with Gasteiger partial charge in [-0.3, -0.25) is 4.79 Å². The van der Waals surface area contributed by atoms with Crippen LogP contribution >= 0.6 is 11.3 Å². The summed E-state index contributed by atoms with van der Waals surface area (Å²) in [6, 6.07) is 16.4. The third kappa shape index (κ3) is 3.67. The Morgan fingerprint density at radius 1 is 1.24 bits per heavy atom. The highest BCUT2D eigenvalue weighted by Gasteiger charge is 2.16. The van der Waals surface area contributed by atoms with E-state index < -0.39 is 0 Å². The maximum atomic E-state index is 12.5. The molecule has 0 radical (unpaired) electrons. The van der Waals surface area contributed by atoms with Gasteiger partial charge in [0.15, 0.2) is 0 Å². The predicted molar refractivity (Wildman–Crippen MR) is 97.9 cm³/mol. The summed E-state index contributed by atoms with van der Waals surface area (Å²) >= 11 is 1.33. The number of ether oxygens (including phenoxy) is 1. The predicted octanol–water partition coefficient (Wildman–Crippen LogP) is 4.25. The van der Waals surface area contributed by atoms with Crippen LogP contribution in [0, 0.1) is 18.3 Å². The van der Waals surface area contributed by atoms with E-state index >= 15 is 0 Å². The Kier molecular flexibility index (Phi) is 4.78. The molecule has 1 amide bonds. The molecule has 1 heterocycles. The van der Waals surface area contributed by atoms with Gasteiger partial charge in [-0.05, 0) is 49.4 Å². The van der Waals surface area contributed by atoms with E-state index in [-0.39, 0.29) is 5.91 Å². The monoisotopic (exact) mass is 349 g/mol. The van der Waals surface area contributed by atoms with Gasteiger partial charge in [-0.25, -0.2) is 4.98 Å². The Morgan fingerprint density at radius 2 is 2.00 bits per heavy atom. The van der Waals surface area contributed by atoms with Crippen molar-refractivity contribution in [1.82, 2.24) is 4.98 Å². The average molecular weight is 349 g/mol. The van der Waals surface area contributed by atoms with Crippen molar-refractivity contribution in [2.45, 2.75) is 6.92 Å². The number of thiazole rings is 1. The summed E-state index contributed by atoms with van der Waals surface area (Å²) in [6.07, 6.45) is 0. The van der Waals surface area contributed by atoms with Crippen molar-refractivity contribution in [2.24, 2.45) is 0 Å². The second-order valence-electron chi connectivity index (χ2n) is 5.31. The Hall–Kier alpha value is -3.17. The van der Waals surface area contributed by atoms with Crippen molar-refractivity contribution in [1.29, 1.82) is 5.26 Å². The number of nitrogens with zero attached hydrogens (tertiary/aromatic N) is 2. The number of carbonyl (C=O) groups excluding carboxylic acids is 1. The summed E-state index contributed by atoms with van der Waals surface area (Å²) in [5, 5.41) is 12.5. The topological polar surface area (TPSA) is 75.0 Å². The Bertz CT molecular complexity index is 956. The Morgan fingerprint density at radius 3 is 2.68 bits per heavy atom. The van der Waals surface area contributed by atoms with Gasteiger partial charge in [0, 0.05) is 11.3 Å². The minimum atomic E-state index is -0.232. The minimum Gasteiger partial charge on any atom is -0.497 e. The molecule has 3 aromatic rings. The number of hydrogen-bond acceptors (Lipinski definition) is 5. The molecule has 2 aromatic carbocycles. The molecule has 0 atom stereocenters. The van der Waals surface area contributed by atoms with E-state index in [2.05, 4.69) is 16.4 Å². The number of amides is 1. The van der Waals surface area contributed by atoms with E-state index in [0.717, 1.165) is 16.3 Å². The van der Waals surface area contributed by atoms with Crippen molar-refractivity contribution < 1.29 is 9.53 Å². The van der Waals surface area contributed by atoms with Gasteiger partial charge in [-0.15, -0.1) is 11.3 Å². The van der Waals surface area contributed by atoms with Crippen LogP contribution in [0.5, 0.6) is 5.75 Å². The zero-order chi connectivity index (χ0) is 17.8. The molecule has 0 unspecified atom stereocenters. The fourth-order valence-electron chi connectivity index (χ4n) is 2.32. The van der Waals surface area contributed by atoms with Crippen LogP contribution in [0.2, 0.25) is 0 Å². The lowest BCUT2D eigenvalue weighted by molar-refractivity contribution is 0.103. The number of aryl methyl sites for hydroxylation is 1. The molecule has 5 nitrogen and oxygen atoms in total. The number of methoxy groups -OCH3 is 1. The summed E-state index contributed by atoms with van der Waals surface area (Å²) < 4.78 is 5.15. The normalized spacial score (nSPS) is 10.1. The lowest BCUT2D eigenvalue weighted by Crippen LogP contribution is -2.11. The molecule has 0 spiro atoms. The van der Waals surface area contributed by atoms with Gasteiger partial charge in [-0.2, -0.15) is 5.26 Å². The molecule has 1 aromatic heterocycles. The number of carbonyl (C=O) groups is 1. The van der Waals surface area contributed by atoms with Gasteiger partial charge in [-0.1, -0.05) is 6.07 Å². The van der Waals surface area contributed by atoms with Crippen molar-refractivity contribution in [3.05, 3.63) is 64.7 Å². The second-order valence-corrected chi connectivity index (χ2v) is 6.31. The van der Waals surface area contributed by atoms with Gasteiger partial charge >= 0.3 is 0 Å². The first kappa shape index (κ1) is 16.7. The van der Waals surface area contributed by atoms with Gasteiger partial charge in [0.05, 0.1) is 24.4 Å². The molecular weight excluding hydrogens is 334 g/mol. The van der Waals surface area contributed by atoms with Crippen LogP contribution in [0.3, 0.4) is 0 Å². The first-order chi connectivity index (χ1) is 12.1. The number of anilines is 1.